The molecule has 3 rings (SSSR count). The monoisotopic (exact) mass is 359 g/mol. The molecule has 2 aromatic rings. The van der Waals surface area contributed by atoms with Crippen LogP contribution in [0.5, 0.6) is 0 Å². The van der Waals surface area contributed by atoms with Crippen molar-refractivity contribution in [2.24, 2.45) is 13.0 Å². The molecule has 1 fully saturated rings. The van der Waals surface area contributed by atoms with Crippen LogP contribution in [-0.2, 0) is 18.2 Å². The highest BCUT2D eigenvalue weighted by Crippen LogP contribution is 2.31. The van der Waals surface area contributed by atoms with Crippen molar-refractivity contribution in [1.82, 2.24) is 14.5 Å². The average molecular weight is 359 g/mol. The highest BCUT2D eigenvalue weighted by Gasteiger charge is 2.28. The number of aromatic nitrogens is 3. The number of hydrogen-bond donors (Lipinski definition) is 0. The standard InChI is InChI=1S/C17H21N5O4/c1-20-8-5-18-15(20)9-12-3-6-21(7-4-12)16-14(22(24)25)10-13(11-19-16)17(23)26-2/h5,8,10-12H,3-4,6-7,9H2,1-2H3. The van der Waals surface area contributed by atoms with E-state index in [1.807, 2.05) is 22.7 Å². The fraction of sp³-hybridized carbons (Fsp3) is 0.471. The lowest BCUT2D eigenvalue weighted by atomic mass is 9.93. The third kappa shape index (κ3) is 3.66. The van der Waals surface area contributed by atoms with E-state index in [1.54, 1.807) is 6.20 Å². The Hall–Kier alpha value is -2.97. The Morgan fingerprint density at radius 1 is 1.38 bits per heavy atom. The summed E-state index contributed by atoms with van der Waals surface area (Å²) < 4.78 is 6.63. The van der Waals surface area contributed by atoms with Crippen molar-refractivity contribution >= 4 is 17.5 Å². The topological polar surface area (TPSA) is 103 Å². The molecule has 0 atom stereocenters. The van der Waals surface area contributed by atoms with Crippen LogP contribution < -0.4 is 4.90 Å². The second-order valence-electron chi connectivity index (χ2n) is 6.40. The second-order valence-corrected chi connectivity index (χ2v) is 6.40. The molecule has 0 N–H and O–H groups in total. The van der Waals surface area contributed by atoms with E-state index in [0.29, 0.717) is 24.8 Å². The number of ether oxygens (including phenoxy) is 1. The summed E-state index contributed by atoms with van der Waals surface area (Å²) in [5, 5.41) is 11.4. The highest BCUT2D eigenvalue weighted by atomic mass is 16.6. The first-order chi connectivity index (χ1) is 12.5. The van der Waals surface area contributed by atoms with Crippen LogP contribution in [0, 0.1) is 16.0 Å². The van der Waals surface area contributed by atoms with E-state index < -0.39 is 10.9 Å². The molecule has 2 aromatic heterocycles. The Kier molecular flexibility index (Phi) is 5.15. The Morgan fingerprint density at radius 3 is 2.69 bits per heavy atom. The Morgan fingerprint density at radius 2 is 2.12 bits per heavy atom. The maximum atomic E-state index is 11.6. The molecule has 26 heavy (non-hydrogen) atoms. The molecule has 0 amide bonds. The fourth-order valence-corrected chi connectivity index (χ4v) is 3.25. The Balaban J connectivity index is 1.71. The minimum atomic E-state index is -0.638. The van der Waals surface area contributed by atoms with Crippen LogP contribution in [0.15, 0.2) is 24.7 Å². The molecule has 0 radical (unpaired) electrons. The number of piperidine rings is 1. The highest BCUT2D eigenvalue weighted by molar-refractivity contribution is 5.90. The maximum absolute atomic E-state index is 11.6. The van der Waals surface area contributed by atoms with Crippen molar-refractivity contribution in [1.29, 1.82) is 0 Å². The van der Waals surface area contributed by atoms with Gasteiger partial charge in [-0.2, -0.15) is 0 Å². The molecule has 1 saturated heterocycles. The molecule has 1 aliphatic rings. The third-order valence-electron chi connectivity index (χ3n) is 4.77. The zero-order valence-electron chi connectivity index (χ0n) is 14.8. The van der Waals surface area contributed by atoms with Gasteiger partial charge in [-0.15, -0.1) is 0 Å². The van der Waals surface area contributed by atoms with Gasteiger partial charge in [0.2, 0.25) is 5.82 Å². The molecule has 3 heterocycles. The maximum Gasteiger partial charge on any atom is 0.339 e. The van der Waals surface area contributed by atoms with Crippen LogP contribution in [0.2, 0.25) is 0 Å². The molecular formula is C17H21N5O4. The third-order valence-corrected chi connectivity index (χ3v) is 4.77. The molecule has 138 valence electrons. The van der Waals surface area contributed by atoms with Crippen LogP contribution >= 0.6 is 0 Å². The van der Waals surface area contributed by atoms with Gasteiger partial charge in [0.15, 0.2) is 0 Å². The molecular weight excluding hydrogens is 338 g/mol. The molecule has 9 heteroatoms. The predicted octanol–water partition coefficient (Wildman–Crippen LogP) is 1.97. The quantitative estimate of drug-likeness (QED) is 0.457. The molecule has 9 nitrogen and oxygen atoms in total. The van der Waals surface area contributed by atoms with Crippen molar-refractivity contribution in [2.75, 3.05) is 25.1 Å². The van der Waals surface area contributed by atoms with Gasteiger partial charge in [0.05, 0.1) is 17.6 Å². The fourth-order valence-electron chi connectivity index (χ4n) is 3.25. The van der Waals surface area contributed by atoms with Gasteiger partial charge in [-0.25, -0.2) is 14.8 Å². The summed E-state index contributed by atoms with van der Waals surface area (Å²) in [4.78, 5) is 33.0. The van der Waals surface area contributed by atoms with Gasteiger partial charge >= 0.3 is 11.7 Å². The van der Waals surface area contributed by atoms with Crippen molar-refractivity contribution < 1.29 is 14.5 Å². The zero-order valence-corrected chi connectivity index (χ0v) is 14.8. The van der Waals surface area contributed by atoms with Gasteiger partial charge in [-0.3, -0.25) is 10.1 Å². The first-order valence-corrected chi connectivity index (χ1v) is 8.43. The smallest absolute Gasteiger partial charge is 0.339 e. The number of nitrogens with zero attached hydrogens (tertiary/aromatic N) is 5. The largest absolute Gasteiger partial charge is 0.465 e. The molecule has 0 spiro atoms. The first-order valence-electron chi connectivity index (χ1n) is 8.43. The van der Waals surface area contributed by atoms with Gasteiger partial charge in [0.25, 0.3) is 0 Å². The average Bonchev–Trinajstić information content (AvgIpc) is 3.06. The Labute approximate surface area is 150 Å². The lowest BCUT2D eigenvalue weighted by Gasteiger charge is -2.32. The summed E-state index contributed by atoms with van der Waals surface area (Å²) in [6.45, 7) is 1.36. The van der Waals surface area contributed by atoms with Crippen LogP contribution in [0.25, 0.3) is 0 Å². The number of anilines is 1. The summed E-state index contributed by atoms with van der Waals surface area (Å²) >= 11 is 0. The number of methoxy groups -OCH3 is 1. The van der Waals surface area contributed by atoms with E-state index in [2.05, 4.69) is 14.7 Å². The van der Waals surface area contributed by atoms with E-state index in [9.17, 15) is 14.9 Å². The van der Waals surface area contributed by atoms with Gasteiger partial charge in [0, 0.05) is 51.2 Å². The number of rotatable bonds is 5. The molecule has 0 unspecified atom stereocenters. The summed E-state index contributed by atoms with van der Waals surface area (Å²) in [6, 6.07) is 1.23. The number of carbonyl (C=O) groups is 1. The number of nitro groups is 1. The number of aryl methyl sites for hydroxylation is 1. The van der Waals surface area contributed by atoms with Gasteiger partial charge in [-0.1, -0.05) is 0 Å². The molecule has 0 aromatic carbocycles. The second kappa shape index (κ2) is 7.51. The lowest BCUT2D eigenvalue weighted by Crippen LogP contribution is -2.35. The SMILES string of the molecule is COC(=O)c1cnc(N2CCC(Cc3nccn3C)CC2)c([N+](=O)[O-])c1. The van der Waals surface area contributed by atoms with Crippen LogP contribution in [-0.4, -0.2) is 45.6 Å². The van der Waals surface area contributed by atoms with Crippen LogP contribution in [0.4, 0.5) is 11.5 Å². The molecule has 1 aliphatic heterocycles. The van der Waals surface area contributed by atoms with Crippen molar-refractivity contribution in [3.8, 4) is 0 Å². The summed E-state index contributed by atoms with van der Waals surface area (Å²) in [7, 11) is 3.21. The number of esters is 1. The van der Waals surface area contributed by atoms with Gasteiger partial charge in [0.1, 0.15) is 5.82 Å². The molecule has 0 aliphatic carbocycles. The van der Waals surface area contributed by atoms with Crippen LogP contribution in [0.3, 0.4) is 0 Å². The molecule has 0 saturated carbocycles. The Bertz CT molecular complexity index is 811. The zero-order chi connectivity index (χ0) is 18.7. The summed E-state index contributed by atoms with van der Waals surface area (Å²) in [6.07, 6.45) is 7.76. The molecule has 0 bridgehead atoms. The van der Waals surface area contributed by atoms with E-state index in [1.165, 1.54) is 19.4 Å². The van der Waals surface area contributed by atoms with E-state index in [0.717, 1.165) is 25.1 Å². The predicted molar refractivity (Wildman–Crippen MR) is 94.1 cm³/mol. The minimum absolute atomic E-state index is 0.0765. The normalized spacial score (nSPS) is 15.1. The number of imidazole rings is 1. The number of carbonyl (C=O) groups excluding carboxylic acids is 1. The lowest BCUT2D eigenvalue weighted by molar-refractivity contribution is -0.384. The first kappa shape index (κ1) is 17.8. The number of hydrogen-bond acceptors (Lipinski definition) is 7. The summed E-state index contributed by atoms with van der Waals surface area (Å²) in [5.41, 5.74) is -0.0944. The van der Waals surface area contributed by atoms with Crippen molar-refractivity contribution in [3.63, 3.8) is 0 Å². The number of pyridine rings is 1. The van der Waals surface area contributed by atoms with Crippen LogP contribution in [0.1, 0.15) is 29.0 Å². The van der Waals surface area contributed by atoms with E-state index in [4.69, 9.17) is 0 Å². The minimum Gasteiger partial charge on any atom is -0.465 e. The summed E-state index contributed by atoms with van der Waals surface area (Å²) in [5.74, 6) is 1.20. The van der Waals surface area contributed by atoms with E-state index >= 15 is 0 Å². The van der Waals surface area contributed by atoms with Crippen molar-refractivity contribution in [2.45, 2.75) is 19.3 Å². The van der Waals surface area contributed by atoms with Gasteiger partial charge < -0.3 is 14.2 Å². The van der Waals surface area contributed by atoms with Crippen molar-refractivity contribution in [3.05, 3.63) is 46.2 Å². The van der Waals surface area contributed by atoms with Gasteiger partial charge in [-0.05, 0) is 18.8 Å². The van der Waals surface area contributed by atoms with E-state index in [-0.39, 0.29) is 11.3 Å².